The van der Waals surface area contributed by atoms with Crippen molar-refractivity contribution in [2.24, 2.45) is 0 Å². The predicted octanol–water partition coefficient (Wildman–Crippen LogP) is 2.35. The molecule has 7 heteroatoms. The minimum atomic E-state index is -0.292. The monoisotopic (exact) mass is 349 g/mol. The van der Waals surface area contributed by atoms with E-state index in [9.17, 15) is 9.59 Å². The van der Waals surface area contributed by atoms with Gasteiger partial charge < -0.3 is 10.2 Å². The van der Waals surface area contributed by atoms with Crippen LogP contribution < -0.4 is 10.2 Å². The first-order valence-electron chi connectivity index (χ1n) is 8.64. The van der Waals surface area contributed by atoms with Crippen LogP contribution in [0.25, 0.3) is 5.65 Å². The number of benzene rings is 1. The van der Waals surface area contributed by atoms with Crippen LogP contribution in [0.4, 0.5) is 5.69 Å². The van der Waals surface area contributed by atoms with Crippen LogP contribution in [-0.4, -0.2) is 33.0 Å². The summed E-state index contributed by atoms with van der Waals surface area (Å²) in [5, 5.41) is 11.2. The number of anilines is 1. The summed E-state index contributed by atoms with van der Waals surface area (Å²) in [5.41, 5.74) is 2.12. The maximum absolute atomic E-state index is 12.5. The highest BCUT2D eigenvalue weighted by atomic mass is 16.2. The smallest absolute Gasteiger partial charge is 0.251 e. The van der Waals surface area contributed by atoms with Gasteiger partial charge in [0.1, 0.15) is 0 Å². The van der Waals surface area contributed by atoms with Crippen molar-refractivity contribution in [3.05, 3.63) is 60.0 Å². The predicted molar refractivity (Wildman–Crippen MR) is 96.9 cm³/mol. The van der Waals surface area contributed by atoms with Gasteiger partial charge >= 0.3 is 0 Å². The summed E-state index contributed by atoms with van der Waals surface area (Å²) < 4.78 is 1.85. The molecule has 1 N–H and O–H groups in total. The molecule has 3 heterocycles. The molecule has 1 aliphatic rings. The van der Waals surface area contributed by atoms with E-state index in [1.54, 1.807) is 17.0 Å². The number of hydrogen-bond donors (Lipinski definition) is 1. The Bertz CT molecular complexity index is 963. The number of rotatable bonds is 4. The highest BCUT2D eigenvalue weighted by Crippen LogP contribution is 2.22. The van der Waals surface area contributed by atoms with Gasteiger partial charge in [0.2, 0.25) is 5.91 Å². The third-order valence-electron chi connectivity index (χ3n) is 4.59. The number of nitrogens with one attached hydrogen (secondary N) is 1. The second-order valence-electron chi connectivity index (χ2n) is 6.38. The van der Waals surface area contributed by atoms with E-state index in [1.807, 2.05) is 47.9 Å². The Morgan fingerprint density at radius 2 is 1.96 bits per heavy atom. The van der Waals surface area contributed by atoms with Crippen LogP contribution in [0.2, 0.25) is 0 Å². The first-order chi connectivity index (χ1) is 12.6. The van der Waals surface area contributed by atoms with Crippen molar-refractivity contribution < 1.29 is 9.59 Å². The Morgan fingerprint density at radius 3 is 2.69 bits per heavy atom. The highest BCUT2D eigenvalue weighted by molar-refractivity contribution is 5.97. The SMILES string of the molecule is C[C@H](NC(=O)c1ccc(N2CCCC2=O)cc1)c1nnc2ccccn12. The van der Waals surface area contributed by atoms with E-state index in [2.05, 4.69) is 15.5 Å². The van der Waals surface area contributed by atoms with Gasteiger partial charge in [-0.25, -0.2) is 0 Å². The van der Waals surface area contributed by atoms with Crippen LogP contribution in [0.15, 0.2) is 48.7 Å². The lowest BCUT2D eigenvalue weighted by Gasteiger charge is -2.16. The van der Waals surface area contributed by atoms with Gasteiger partial charge in [-0.1, -0.05) is 6.07 Å². The molecule has 0 saturated carbocycles. The van der Waals surface area contributed by atoms with Crippen LogP contribution in [0.5, 0.6) is 0 Å². The molecule has 132 valence electrons. The molecule has 1 aliphatic heterocycles. The number of carbonyl (C=O) groups excluding carboxylic acids is 2. The molecule has 0 unspecified atom stereocenters. The van der Waals surface area contributed by atoms with Crippen molar-refractivity contribution in [1.29, 1.82) is 0 Å². The zero-order valence-electron chi connectivity index (χ0n) is 14.4. The summed E-state index contributed by atoms with van der Waals surface area (Å²) >= 11 is 0. The third-order valence-corrected chi connectivity index (χ3v) is 4.59. The van der Waals surface area contributed by atoms with Crippen LogP contribution in [0, 0.1) is 0 Å². The normalized spacial score (nSPS) is 15.4. The maximum Gasteiger partial charge on any atom is 0.251 e. The standard InChI is InChI=1S/C19H19N5O2/c1-13(18-22-21-16-5-2-3-11-24(16)18)20-19(26)14-7-9-15(10-8-14)23-12-4-6-17(23)25/h2-3,5,7-11,13H,4,6,12H2,1H3,(H,20,26)/t13-/m0/s1. The van der Waals surface area contributed by atoms with Gasteiger partial charge in [-0.15, -0.1) is 10.2 Å². The summed E-state index contributed by atoms with van der Waals surface area (Å²) in [4.78, 5) is 26.1. The lowest BCUT2D eigenvalue weighted by Crippen LogP contribution is -2.28. The molecular formula is C19H19N5O2. The van der Waals surface area contributed by atoms with Gasteiger partial charge in [-0.05, 0) is 49.7 Å². The number of nitrogens with zero attached hydrogens (tertiary/aromatic N) is 4. The molecule has 1 fully saturated rings. The number of amides is 2. The molecule has 2 amide bonds. The van der Waals surface area contributed by atoms with E-state index in [4.69, 9.17) is 0 Å². The zero-order chi connectivity index (χ0) is 18.1. The first kappa shape index (κ1) is 16.3. The molecule has 0 radical (unpaired) electrons. The maximum atomic E-state index is 12.5. The molecule has 1 aromatic carbocycles. The van der Waals surface area contributed by atoms with Crippen molar-refractivity contribution in [3.8, 4) is 0 Å². The average Bonchev–Trinajstić information content (AvgIpc) is 3.28. The number of carbonyl (C=O) groups is 2. The quantitative estimate of drug-likeness (QED) is 0.784. The van der Waals surface area contributed by atoms with Gasteiger partial charge in [-0.2, -0.15) is 0 Å². The Labute approximate surface area is 150 Å². The average molecular weight is 349 g/mol. The van der Waals surface area contributed by atoms with Crippen LogP contribution in [0.1, 0.15) is 42.0 Å². The lowest BCUT2D eigenvalue weighted by molar-refractivity contribution is -0.117. The Kier molecular flexibility index (Phi) is 4.12. The number of pyridine rings is 1. The Hall–Kier alpha value is -3.22. The van der Waals surface area contributed by atoms with Crippen molar-refractivity contribution in [2.45, 2.75) is 25.8 Å². The third kappa shape index (κ3) is 2.92. The topological polar surface area (TPSA) is 79.6 Å². The van der Waals surface area contributed by atoms with Gasteiger partial charge in [0.15, 0.2) is 11.5 Å². The summed E-state index contributed by atoms with van der Waals surface area (Å²) in [6.07, 6.45) is 3.34. The number of fused-ring (bicyclic) bond motifs is 1. The van der Waals surface area contributed by atoms with Crippen molar-refractivity contribution >= 4 is 23.1 Å². The summed E-state index contributed by atoms with van der Waals surface area (Å²) in [7, 11) is 0. The molecule has 0 aliphatic carbocycles. The fourth-order valence-corrected chi connectivity index (χ4v) is 3.21. The van der Waals surface area contributed by atoms with Gasteiger partial charge in [-0.3, -0.25) is 14.0 Å². The van der Waals surface area contributed by atoms with Crippen molar-refractivity contribution in [3.63, 3.8) is 0 Å². The van der Waals surface area contributed by atoms with E-state index >= 15 is 0 Å². The molecular weight excluding hydrogens is 330 g/mol. The fraction of sp³-hybridized carbons (Fsp3) is 0.263. The highest BCUT2D eigenvalue weighted by Gasteiger charge is 2.22. The second kappa shape index (κ2) is 6.59. The largest absolute Gasteiger partial charge is 0.342 e. The van der Waals surface area contributed by atoms with E-state index in [0.717, 1.165) is 24.3 Å². The second-order valence-corrected chi connectivity index (χ2v) is 6.38. The summed E-state index contributed by atoms with van der Waals surface area (Å²) in [6, 6.07) is 12.5. The van der Waals surface area contributed by atoms with Crippen molar-refractivity contribution in [2.75, 3.05) is 11.4 Å². The molecule has 0 spiro atoms. The molecule has 26 heavy (non-hydrogen) atoms. The fourth-order valence-electron chi connectivity index (χ4n) is 3.21. The molecule has 4 rings (SSSR count). The Balaban J connectivity index is 1.48. The van der Waals surface area contributed by atoms with E-state index in [0.29, 0.717) is 17.8 Å². The van der Waals surface area contributed by atoms with Gasteiger partial charge in [0.05, 0.1) is 6.04 Å². The summed E-state index contributed by atoms with van der Waals surface area (Å²) in [6.45, 7) is 2.61. The minimum Gasteiger partial charge on any atom is -0.342 e. The zero-order valence-corrected chi connectivity index (χ0v) is 14.4. The van der Waals surface area contributed by atoms with Crippen molar-refractivity contribution in [1.82, 2.24) is 19.9 Å². The van der Waals surface area contributed by atoms with E-state index < -0.39 is 0 Å². The lowest BCUT2D eigenvalue weighted by atomic mass is 10.1. The molecule has 2 aromatic heterocycles. The van der Waals surface area contributed by atoms with Gasteiger partial charge in [0, 0.05) is 30.4 Å². The van der Waals surface area contributed by atoms with E-state index in [1.165, 1.54) is 0 Å². The van der Waals surface area contributed by atoms with Crippen LogP contribution >= 0.6 is 0 Å². The van der Waals surface area contributed by atoms with E-state index in [-0.39, 0.29) is 17.9 Å². The minimum absolute atomic E-state index is 0.134. The van der Waals surface area contributed by atoms with Gasteiger partial charge in [0.25, 0.3) is 5.91 Å². The molecule has 1 atom stereocenters. The summed E-state index contributed by atoms with van der Waals surface area (Å²) in [5.74, 6) is 0.618. The van der Waals surface area contributed by atoms with Crippen LogP contribution in [-0.2, 0) is 4.79 Å². The molecule has 7 nitrogen and oxygen atoms in total. The molecule has 3 aromatic rings. The Morgan fingerprint density at radius 1 is 1.15 bits per heavy atom. The number of aromatic nitrogens is 3. The van der Waals surface area contributed by atoms with Crippen LogP contribution in [0.3, 0.4) is 0 Å². The first-order valence-corrected chi connectivity index (χ1v) is 8.64. The molecule has 1 saturated heterocycles. The molecule has 0 bridgehead atoms. The number of hydrogen-bond acceptors (Lipinski definition) is 4.